The first-order chi connectivity index (χ1) is 7.74. The second-order valence-electron chi connectivity index (χ2n) is 3.99. The first-order valence-corrected chi connectivity index (χ1v) is 5.72. The van der Waals surface area contributed by atoms with Gasteiger partial charge in [-0.25, -0.2) is 0 Å². The van der Waals surface area contributed by atoms with Crippen LogP contribution in [0.1, 0.15) is 12.0 Å². The predicted molar refractivity (Wildman–Crippen MR) is 65.9 cm³/mol. The molecule has 3 heteroatoms. The summed E-state index contributed by atoms with van der Waals surface area (Å²) >= 11 is 0. The number of benzene rings is 1. The van der Waals surface area contributed by atoms with Crippen molar-refractivity contribution in [2.75, 3.05) is 33.4 Å². The van der Waals surface area contributed by atoms with Crippen LogP contribution >= 0.6 is 0 Å². The number of aliphatic hydroxyl groups is 1. The van der Waals surface area contributed by atoms with E-state index in [0.717, 1.165) is 31.9 Å². The van der Waals surface area contributed by atoms with Gasteiger partial charge >= 0.3 is 0 Å². The predicted octanol–water partition coefficient (Wildman–Crippen LogP) is 1.69. The van der Waals surface area contributed by atoms with Crippen LogP contribution in [0.15, 0.2) is 24.3 Å². The molecule has 0 saturated heterocycles. The number of para-hydroxylation sites is 1. The van der Waals surface area contributed by atoms with E-state index in [9.17, 15) is 0 Å². The molecule has 0 heterocycles. The summed E-state index contributed by atoms with van der Waals surface area (Å²) in [6.07, 6.45) is 0.977. The summed E-state index contributed by atoms with van der Waals surface area (Å²) in [6.45, 7) is 4.67. The third-order valence-electron chi connectivity index (χ3n) is 2.52. The lowest BCUT2D eigenvalue weighted by atomic mass is 10.2. The third-order valence-corrected chi connectivity index (χ3v) is 2.52. The minimum absolute atomic E-state index is 0.217. The molecule has 0 unspecified atom stereocenters. The first kappa shape index (κ1) is 13.0. The Morgan fingerprint density at radius 3 is 2.69 bits per heavy atom. The highest BCUT2D eigenvalue weighted by molar-refractivity contribution is 5.31. The molecule has 90 valence electrons. The average Bonchev–Trinajstić information content (AvgIpc) is 2.27. The van der Waals surface area contributed by atoms with Gasteiger partial charge in [-0.1, -0.05) is 18.2 Å². The molecule has 0 aromatic heterocycles. The molecular formula is C13H21NO2. The highest BCUT2D eigenvalue weighted by atomic mass is 16.5. The van der Waals surface area contributed by atoms with Crippen molar-refractivity contribution in [1.82, 2.24) is 4.90 Å². The standard InChI is InChI=1S/C13H21NO2/c1-12-6-3-4-7-13(12)16-11-5-8-14(2)9-10-15/h3-4,6-7,15H,5,8-11H2,1-2H3. The van der Waals surface area contributed by atoms with Gasteiger partial charge in [0.15, 0.2) is 0 Å². The summed E-state index contributed by atoms with van der Waals surface area (Å²) in [5.74, 6) is 0.965. The van der Waals surface area contributed by atoms with E-state index >= 15 is 0 Å². The van der Waals surface area contributed by atoms with E-state index < -0.39 is 0 Å². The maximum Gasteiger partial charge on any atom is 0.122 e. The van der Waals surface area contributed by atoms with Crippen LogP contribution in [0, 0.1) is 6.92 Å². The third kappa shape index (κ3) is 4.64. The number of aryl methyl sites for hydroxylation is 1. The number of ether oxygens (including phenoxy) is 1. The van der Waals surface area contributed by atoms with Crippen LogP contribution in [-0.2, 0) is 0 Å². The van der Waals surface area contributed by atoms with Crippen LogP contribution in [0.4, 0.5) is 0 Å². The minimum Gasteiger partial charge on any atom is -0.493 e. The van der Waals surface area contributed by atoms with Crippen molar-refractivity contribution in [3.05, 3.63) is 29.8 Å². The van der Waals surface area contributed by atoms with Crippen molar-refractivity contribution in [2.45, 2.75) is 13.3 Å². The zero-order chi connectivity index (χ0) is 11.8. The van der Waals surface area contributed by atoms with Crippen LogP contribution in [0.25, 0.3) is 0 Å². The van der Waals surface area contributed by atoms with Crippen molar-refractivity contribution >= 4 is 0 Å². The van der Waals surface area contributed by atoms with Gasteiger partial charge in [0.1, 0.15) is 5.75 Å². The van der Waals surface area contributed by atoms with Crippen LogP contribution in [0.2, 0.25) is 0 Å². The van der Waals surface area contributed by atoms with Crippen molar-refractivity contribution in [1.29, 1.82) is 0 Å². The van der Waals surface area contributed by atoms with E-state index in [-0.39, 0.29) is 6.61 Å². The zero-order valence-electron chi connectivity index (χ0n) is 10.1. The fraction of sp³-hybridized carbons (Fsp3) is 0.538. The Hall–Kier alpha value is -1.06. The summed E-state index contributed by atoms with van der Waals surface area (Å²) in [5.41, 5.74) is 1.17. The van der Waals surface area contributed by atoms with Gasteiger partial charge in [0.2, 0.25) is 0 Å². The minimum atomic E-state index is 0.217. The van der Waals surface area contributed by atoms with Crippen LogP contribution < -0.4 is 4.74 Å². The lowest BCUT2D eigenvalue weighted by Crippen LogP contribution is -2.24. The Bertz CT molecular complexity index is 302. The van der Waals surface area contributed by atoms with Crippen molar-refractivity contribution in [3.8, 4) is 5.75 Å². The first-order valence-electron chi connectivity index (χ1n) is 5.72. The number of likely N-dealkylation sites (N-methyl/N-ethyl adjacent to an activating group) is 1. The number of hydrogen-bond acceptors (Lipinski definition) is 3. The molecule has 0 aliphatic rings. The van der Waals surface area contributed by atoms with E-state index in [4.69, 9.17) is 9.84 Å². The molecule has 3 nitrogen and oxygen atoms in total. The number of nitrogens with zero attached hydrogens (tertiary/aromatic N) is 1. The van der Waals surface area contributed by atoms with Crippen LogP contribution in [0.5, 0.6) is 5.75 Å². The molecule has 0 bridgehead atoms. The molecule has 1 aromatic carbocycles. The van der Waals surface area contributed by atoms with Crippen molar-refractivity contribution in [3.63, 3.8) is 0 Å². The molecule has 1 N–H and O–H groups in total. The largest absolute Gasteiger partial charge is 0.493 e. The van der Waals surface area contributed by atoms with Gasteiger partial charge in [-0.2, -0.15) is 0 Å². The Morgan fingerprint density at radius 1 is 1.25 bits per heavy atom. The van der Waals surface area contributed by atoms with E-state index in [0.29, 0.717) is 0 Å². The lowest BCUT2D eigenvalue weighted by molar-refractivity contribution is 0.207. The zero-order valence-corrected chi connectivity index (χ0v) is 10.1. The molecule has 0 atom stereocenters. The Labute approximate surface area is 97.7 Å². The molecule has 1 aromatic rings. The molecule has 0 aliphatic carbocycles. The smallest absolute Gasteiger partial charge is 0.122 e. The van der Waals surface area contributed by atoms with Gasteiger partial charge in [-0.3, -0.25) is 0 Å². The normalized spacial score (nSPS) is 10.8. The van der Waals surface area contributed by atoms with Gasteiger partial charge in [0.25, 0.3) is 0 Å². The summed E-state index contributed by atoms with van der Waals surface area (Å²) in [5, 5.41) is 8.73. The lowest BCUT2D eigenvalue weighted by Gasteiger charge is -2.15. The van der Waals surface area contributed by atoms with E-state index in [1.807, 2.05) is 38.2 Å². The molecule has 0 radical (unpaired) electrons. The van der Waals surface area contributed by atoms with E-state index in [2.05, 4.69) is 4.90 Å². The van der Waals surface area contributed by atoms with Gasteiger partial charge in [0.05, 0.1) is 13.2 Å². The molecular weight excluding hydrogens is 202 g/mol. The Morgan fingerprint density at radius 2 is 2.00 bits per heavy atom. The van der Waals surface area contributed by atoms with E-state index in [1.54, 1.807) is 0 Å². The van der Waals surface area contributed by atoms with Crippen molar-refractivity contribution in [2.24, 2.45) is 0 Å². The highest BCUT2D eigenvalue weighted by Crippen LogP contribution is 2.16. The number of rotatable bonds is 7. The molecule has 0 spiro atoms. The molecule has 1 rings (SSSR count). The molecule has 0 aliphatic heterocycles. The summed E-state index contributed by atoms with van der Waals surface area (Å²) in [6, 6.07) is 8.04. The molecule has 16 heavy (non-hydrogen) atoms. The average molecular weight is 223 g/mol. The molecule has 0 fully saturated rings. The quantitative estimate of drug-likeness (QED) is 0.714. The Kier molecular flexibility index (Phi) is 5.90. The Balaban J connectivity index is 2.19. The van der Waals surface area contributed by atoms with Crippen molar-refractivity contribution < 1.29 is 9.84 Å². The maximum atomic E-state index is 8.73. The summed E-state index contributed by atoms with van der Waals surface area (Å²) < 4.78 is 5.68. The van der Waals surface area contributed by atoms with Crippen LogP contribution in [-0.4, -0.2) is 43.4 Å². The highest BCUT2D eigenvalue weighted by Gasteiger charge is 1.99. The summed E-state index contributed by atoms with van der Waals surface area (Å²) in [4.78, 5) is 2.10. The monoisotopic (exact) mass is 223 g/mol. The molecule has 0 amide bonds. The number of hydrogen-bond donors (Lipinski definition) is 1. The molecule has 0 saturated carbocycles. The fourth-order valence-corrected chi connectivity index (χ4v) is 1.52. The topological polar surface area (TPSA) is 32.7 Å². The second-order valence-corrected chi connectivity index (χ2v) is 3.99. The van der Waals surface area contributed by atoms with E-state index in [1.165, 1.54) is 5.56 Å². The van der Waals surface area contributed by atoms with Gasteiger partial charge < -0.3 is 14.7 Å². The summed E-state index contributed by atoms with van der Waals surface area (Å²) in [7, 11) is 2.00. The fourth-order valence-electron chi connectivity index (χ4n) is 1.52. The van der Waals surface area contributed by atoms with Gasteiger partial charge in [-0.15, -0.1) is 0 Å². The van der Waals surface area contributed by atoms with Gasteiger partial charge in [-0.05, 0) is 32.0 Å². The number of aliphatic hydroxyl groups excluding tert-OH is 1. The second kappa shape index (κ2) is 7.25. The SMILES string of the molecule is Cc1ccccc1OCCCN(C)CCO. The maximum absolute atomic E-state index is 8.73. The van der Waals surface area contributed by atoms with Gasteiger partial charge in [0, 0.05) is 13.1 Å². The van der Waals surface area contributed by atoms with Crippen LogP contribution in [0.3, 0.4) is 0 Å².